The Labute approximate surface area is 189 Å². The number of imidazole rings is 1. The standard InChI is InChI=1S/C27H19N5O/c28-25-22(26-30-23-12-7-15-29-27(23)31-26)16-18-13-14-21(17-24(18)33-25)32(19-8-3-1-4-9-19)20-10-5-2-6-11-20/h1-17,28H,(H,29,30,31). The van der Waals surface area contributed by atoms with Crippen LogP contribution in [-0.2, 0) is 0 Å². The van der Waals surface area contributed by atoms with Crippen molar-refractivity contribution in [1.29, 1.82) is 5.41 Å². The third-order valence-corrected chi connectivity index (χ3v) is 5.55. The monoisotopic (exact) mass is 429 g/mol. The zero-order chi connectivity index (χ0) is 22.2. The summed E-state index contributed by atoms with van der Waals surface area (Å²) < 4.78 is 5.97. The second-order valence-corrected chi connectivity index (χ2v) is 7.68. The lowest BCUT2D eigenvalue weighted by atomic mass is 10.1. The van der Waals surface area contributed by atoms with Gasteiger partial charge in [0.1, 0.15) is 11.4 Å². The summed E-state index contributed by atoms with van der Waals surface area (Å²) in [6, 6.07) is 32.1. The van der Waals surface area contributed by atoms with Crippen molar-refractivity contribution in [2.24, 2.45) is 0 Å². The largest absolute Gasteiger partial charge is 0.438 e. The minimum Gasteiger partial charge on any atom is -0.438 e. The van der Waals surface area contributed by atoms with Gasteiger partial charge in [0.25, 0.3) is 0 Å². The second-order valence-electron chi connectivity index (χ2n) is 7.68. The summed E-state index contributed by atoms with van der Waals surface area (Å²) >= 11 is 0. The number of para-hydroxylation sites is 2. The van der Waals surface area contributed by atoms with Gasteiger partial charge in [0, 0.05) is 34.7 Å². The van der Waals surface area contributed by atoms with Crippen LogP contribution in [0.3, 0.4) is 0 Å². The van der Waals surface area contributed by atoms with E-state index in [1.54, 1.807) is 6.20 Å². The van der Waals surface area contributed by atoms with Crippen LogP contribution in [0, 0.1) is 5.41 Å². The first kappa shape index (κ1) is 19.0. The predicted octanol–water partition coefficient (Wildman–Crippen LogP) is 6.32. The maximum absolute atomic E-state index is 8.51. The number of fused-ring (bicyclic) bond motifs is 2. The van der Waals surface area contributed by atoms with Crippen LogP contribution in [0.5, 0.6) is 0 Å². The van der Waals surface area contributed by atoms with Crippen molar-refractivity contribution in [3.63, 3.8) is 0 Å². The van der Waals surface area contributed by atoms with E-state index >= 15 is 0 Å². The van der Waals surface area contributed by atoms with Crippen LogP contribution in [0.25, 0.3) is 33.5 Å². The molecule has 6 heteroatoms. The fourth-order valence-electron chi connectivity index (χ4n) is 4.01. The van der Waals surface area contributed by atoms with Crippen LogP contribution in [-0.4, -0.2) is 15.0 Å². The maximum atomic E-state index is 8.51. The Morgan fingerprint density at radius 3 is 2.18 bits per heavy atom. The molecule has 3 aromatic carbocycles. The predicted molar refractivity (Wildman–Crippen MR) is 130 cm³/mol. The molecule has 0 saturated carbocycles. The molecule has 0 bridgehead atoms. The fourth-order valence-corrected chi connectivity index (χ4v) is 4.01. The lowest BCUT2D eigenvalue weighted by Gasteiger charge is -2.25. The van der Waals surface area contributed by atoms with E-state index in [2.05, 4.69) is 50.2 Å². The Kier molecular flexibility index (Phi) is 4.47. The fraction of sp³-hybridized carbons (Fsp3) is 0. The van der Waals surface area contributed by atoms with Crippen molar-refractivity contribution in [2.75, 3.05) is 4.90 Å². The van der Waals surface area contributed by atoms with Crippen molar-refractivity contribution in [3.05, 3.63) is 109 Å². The molecule has 0 saturated heterocycles. The molecule has 0 fully saturated rings. The topological polar surface area (TPSA) is 81.8 Å². The minimum atomic E-state index is 0.0460. The first-order chi connectivity index (χ1) is 16.3. The lowest BCUT2D eigenvalue weighted by Crippen LogP contribution is -2.10. The van der Waals surface area contributed by atoms with Gasteiger partial charge < -0.3 is 14.3 Å². The summed E-state index contributed by atoms with van der Waals surface area (Å²) in [6.45, 7) is 0. The van der Waals surface area contributed by atoms with Gasteiger partial charge in [-0.1, -0.05) is 36.4 Å². The Balaban J connectivity index is 1.48. The number of hydrogen-bond donors (Lipinski definition) is 2. The molecule has 6 nitrogen and oxygen atoms in total. The molecule has 3 aromatic heterocycles. The highest BCUT2D eigenvalue weighted by Crippen LogP contribution is 2.35. The molecule has 0 aliphatic carbocycles. The van der Waals surface area contributed by atoms with Gasteiger partial charge in [-0.05, 0) is 54.6 Å². The van der Waals surface area contributed by atoms with Gasteiger partial charge in [0.15, 0.2) is 5.65 Å². The van der Waals surface area contributed by atoms with Gasteiger partial charge in [0.05, 0.1) is 11.1 Å². The average molecular weight is 429 g/mol. The van der Waals surface area contributed by atoms with Gasteiger partial charge in [-0.25, -0.2) is 9.97 Å². The van der Waals surface area contributed by atoms with Crippen LogP contribution in [0.2, 0.25) is 0 Å². The maximum Gasteiger partial charge on any atom is 0.223 e. The molecule has 6 aromatic rings. The van der Waals surface area contributed by atoms with Crippen LogP contribution >= 0.6 is 0 Å². The van der Waals surface area contributed by atoms with E-state index in [-0.39, 0.29) is 5.55 Å². The van der Waals surface area contributed by atoms with Gasteiger partial charge in [-0.3, -0.25) is 5.41 Å². The second kappa shape index (κ2) is 7.76. The summed E-state index contributed by atoms with van der Waals surface area (Å²) in [5.74, 6) is 0.568. The highest BCUT2D eigenvalue weighted by molar-refractivity contribution is 5.88. The molecule has 0 aliphatic heterocycles. The molecule has 0 radical (unpaired) electrons. The molecule has 0 unspecified atom stereocenters. The molecule has 3 heterocycles. The quantitative estimate of drug-likeness (QED) is 0.343. The molecule has 0 aliphatic rings. The van der Waals surface area contributed by atoms with Crippen LogP contribution in [0.15, 0.2) is 108 Å². The van der Waals surface area contributed by atoms with E-state index < -0.39 is 0 Å². The van der Waals surface area contributed by atoms with Crippen molar-refractivity contribution >= 4 is 39.2 Å². The number of anilines is 3. The number of aromatic nitrogens is 3. The zero-order valence-electron chi connectivity index (χ0n) is 17.6. The van der Waals surface area contributed by atoms with Crippen molar-refractivity contribution in [1.82, 2.24) is 15.0 Å². The Bertz CT molecular complexity index is 1570. The highest BCUT2D eigenvalue weighted by Gasteiger charge is 2.15. The number of nitrogens with one attached hydrogen (secondary N) is 2. The molecule has 0 amide bonds. The van der Waals surface area contributed by atoms with E-state index in [0.29, 0.717) is 22.6 Å². The molecule has 158 valence electrons. The smallest absolute Gasteiger partial charge is 0.223 e. The molecule has 33 heavy (non-hydrogen) atoms. The normalized spacial score (nSPS) is 11.2. The molecular formula is C27H19N5O. The van der Waals surface area contributed by atoms with Gasteiger partial charge in [0.2, 0.25) is 5.55 Å². The van der Waals surface area contributed by atoms with E-state index in [4.69, 9.17) is 9.83 Å². The Hall–Kier alpha value is -4.71. The SMILES string of the molecule is N=c1oc2cc(N(c3ccccc3)c3ccccc3)ccc2cc1-c1nc2ncccc2[nH]1. The third kappa shape index (κ3) is 3.43. The first-order valence-corrected chi connectivity index (χ1v) is 10.6. The lowest BCUT2D eigenvalue weighted by molar-refractivity contribution is 0.535. The van der Waals surface area contributed by atoms with E-state index in [9.17, 15) is 0 Å². The van der Waals surface area contributed by atoms with Crippen molar-refractivity contribution in [3.8, 4) is 11.4 Å². The number of aromatic amines is 1. The van der Waals surface area contributed by atoms with E-state index in [1.807, 2.05) is 66.7 Å². The van der Waals surface area contributed by atoms with Crippen LogP contribution in [0.1, 0.15) is 0 Å². The van der Waals surface area contributed by atoms with Crippen molar-refractivity contribution in [2.45, 2.75) is 0 Å². The van der Waals surface area contributed by atoms with Crippen LogP contribution < -0.4 is 10.5 Å². The number of pyridine rings is 1. The van der Waals surface area contributed by atoms with Gasteiger partial charge >= 0.3 is 0 Å². The van der Waals surface area contributed by atoms with Gasteiger partial charge in [-0.15, -0.1) is 0 Å². The van der Waals surface area contributed by atoms with Crippen LogP contribution in [0.4, 0.5) is 17.1 Å². The minimum absolute atomic E-state index is 0.0460. The number of rotatable bonds is 4. The number of nitrogens with zero attached hydrogens (tertiary/aromatic N) is 3. The van der Waals surface area contributed by atoms with E-state index in [0.717, 1.165) is 28.0 Å². The summed E-state index contributed by atoms with van der Waals surface area (Å²) in [4.78, 5) is 14.2. The molecule has 0 spiro atoms. The molecular weight excluding hydrogens is 410 g/mol. The zero-order valence-corrected chi connectivity index (χ0v) is 17.6. The Morgan fingerprint density at radius 2 is 1.48 bits per heavy atom. The number of benzene rings is 3. The summed E-state index contributed by atoms with van der Waals surface area (Å²) in [6.07, 6.45) is 1.70. The van der Waals surface area contributed by atoms with Crippen molar-refractivity contribution < 1.29 is 4.42 Å². The van der Waals surface area contributed by atoms with E-state index in [1.165, 1.54) is 0 Å². The average Bonchev–Trinajstić information content (AvgIpc) is 3.29. The summed E-state index contributed by atoms with van der Waals surface area (Å²) in [7, 11) is 0. The third-order valence-electron chi connectivity index (χ3n) is 5.55. The number of hydrogen-bond acceptors (Lipinski definition) is 5. The van der Waals surface area contributed by atoms with Gasteiger partial charge in [-0.2, -0.15) is 0 Å². The molecule has 2 N–H and O–H groups in total. The Morgan fingerprint density at radius 1 is 0.758 bits per heavy atom. The molecule has 6 rings (SSSR count). The first-order valence-electron chi connectivity index (χ1n) is 10.6. The summed E-state index contributed by atoms with van der Waals surface area (Å²) in [5, 5.41) is 9.40. The highest BCUT2D eigenvalue weighted by atomic mass is 16.3. The summed E-state index contributed by atoms with van der Waals surface area (Å²) in [5.41, 5.74) is 5.74. The molecule has 0 atom stereocenters. The number of H-pyrrole nitrogens is 1.